The van der Waals surface area contributed by atoms with Crippen molar-refractivity contribution in [2.45, 2.75) is 44.2 Å². The molecule has 0 bridgehead atoms. The maximum atomic E-state index is 12.0. The van der Waals surface area contributed by atoms with Crippen LogP contribution < -0.4 is 5.56 Å². The van der Waals surface area contributed by atoms with Gasteiger partial charge in [0.1, 0.15) is 10.3 Å². The monoisotopic (exact) mass is 335 g/mol. The molecule has 2 saturated carbocycles. The molecule has 2 aromatic heterocycles. The third-order valence-corrected chi connectivity index (χ3v) is 4.36. The summed E-state index contributed by atoms with van der Waals surface area (Å²) in [5, 5.41) is 8.67. The van der Waals surface area contributed by atoms with Crippen LogP contribution in [0.3, 0.4) is 0 Å². The Bertz CT molecular complexity index is 714. The van der Waals surface area contributed by atoms with Crippen molar-refractivity contribution in [3.63, 3.8) is 0 Å². The zero-order valence-electron chi connectivity index (χ0n) is 10.9. The first-order valence-corrected chi connectivity index (χ1v) is 7.67. The van der Waals surface area contributed by atoms with E-state index in [9.17, 15) is 4.79 Å². The molecule has 0 amide bonds. The number of nitrogens with zero attached hydrogens (tertiary/aromatic N) is 5. The molecule has 0 N–H and O–H groups in total. The topological polar surface area (TPSA) is 65.6 Å². The van der Waals surface area contributed by atoms with Gasteiger partial charge in [-0.2, -0.15) is 0 Å². The molecule has 0 radical (unpaired) electrons. The van der Waals surface area contributed by atoms with Gasteiger partial charge in [0.25, 0.3) is 5.56 Å². The van der Waals surface area contributed by atoms with Crippen molar-refractivity contribution in [2.24, 2.45) is 0 Å². The Hall–Kier alpha value is -1.50. The lowest BCUT2D eigenvalue weighted by molar-refractivity contribution is 0.602. The summed E-state index contributed by atoms with van der Waals surface area (Å²) in [5.41, 5.74) is -0.0849. The molecule has 0 aliphatic heterocycles. The van der Waals surface area contributed by atoms with Crippen LogP contribution in [0.2, 0.25) is 0 Å². The molecule has 0 saturated heterocycles. The molecule has 0 aromatic carbocycles. The number of rotatable bonds is 4. The van der Waals surface area contributed by atoms with E-state index in [2.05, 4.69) is 35.7 Å². The summed E-state index contributed by atoms with van der Waals surface area (Å²) in [6, 6.07) is 0.534. The van der Waals surface area contributed by atoms with Crippen LogP contribution in [0.5, 0.6) is 0 Å². The van der Waals surface area contributed by atoms with Gasteiger partial charge in [0.2, 0.25) is 0 Å². The van der Waals surface area contributed by atoms with Crippen LogP contribution in [-0.2, 0) is 6.54 Å². The van der Waals surface area contributed by atoms with Gasteiger partial charge in [0.15, 0.2) is 5.82 Å². The van der Waals surface area contributed by atoms with E-state index >= 15 is 0 Å². The predicted molar refractivity (Wildman–Crippen MR) is 75.6 cm³/mol. The third kappa shape index (κ3) is 2.09. The average molecular weight is 336 g/mol. The van der Waals surface area contributed by atoms with E-state index in [0.29, 0.717) is 23.0 Å². The molecule has 2 aliphatic carbocycles. The van der Waals surface area contributed by atoms with Crippen molar-refractivity contribution >= 4 is 15.9 Å². The lowest BCUT2D eigenvalue weighted by Gasteiger charge is -2.09. The largest absolute Gasteiger partial charge is 0.310 e. The van der Waals surface area contributed by atoms with Gasteiger partial charge in [0, 0.05) is 18.2 Å². The highest BCUT2D eigenvalue weighted by molar-refractivity contribution is 9.10. The van der Waals surface area contributed by atoms with E-state index in [0.717, 1.165) is 11.6 Å². The molecule has 2 aliphatic rings. The molecular formula is C13H14BrN5O. The van der Waals surface area contributed by atoms with E-state index < -0.39 is 0 Å². The highest BCUT2D eigenvalue weighted by atomic mass is 79.9. The Morgan fingerprint density at radius 2 is 2.05 bits per heavy atom. The van der Waals surface area contributed by atoms with Crippen LogP contribution >= 0.6 is 15.9 Å². The van der Waals surface area contributed by atoms with Crippen molar-refractivity contribution in [3.8, 4) is 0 Å². The number of hydrogen-bond donors (Lipinski definition) is 0. The van der Waals surface area contributed by atoms with Gasteiger partial charge in [-0.3, -0.25) is 9.36 Å². The Morgan fingerprint density at radius 1 is 1.25 bits per heavy atom. The number of hydrogen-bond acceptors (Lipinski definition) is 4. The maximum Gasteiger partial charge on any atom is 0.268 e. The number of aromatic nitrogens is 5. The first-order valence-electron chi connectivity index (χ1n) is 6.87. The molecule has 20 heavy (non-hydrogen) atoms. The van der Waals surface area contributed by atoms with Crippen LogP contribution in [0.1, 0.15) is 49.3 Å². The van der Waals surface area contributed by atoms with E-state index in [1.54, 1.807) is 10.9 Å². The summed E-state index contributed by atoms with van der Waals surface area (Å²) in [7, 11) is 0. The fourth-order valence-electron chi connectivity index (χ4n) is 2.48. The second kappa shape index (κ2) is 4.51. The Balaban J connectivity index is 1.72. The first kappa shape index (κ1) is 12.3. The fraction of sp³-hybridized carbons (Fsp3) is 0.538. The van der Waals surface area contributed by atoms with Crippen molar-refractivity contribution < 1.29 is 0 Å². The summed E-state index contributed by atoms with van der Waals surface area (Å²) < 4.78 is 4.30. The molecule has 0 spiro atoms. The highest BCUT2D eigenvalue weighted by Gasteiger charge is 2.36. The summed E-state index contributed by atoms with van der Waals surface area (Å²) in [6.07, 6.45) is 7.87. The van der Waals surface area contributed by atoms with E-state index in [-0.39, 0.29) is 5.56 Å². The zero-order chi connectivity index (χ0) is 13.7. The van der Waals surface area contributed by atoms with Crippen LogP contribution in [0.25, 0.3) is 0 Å². The summed E-state index contributed by atoms with van der Waals surface area (Å²) in [4.78, 5) is 16.1. The van der Waals surface area contributed by atoms with Crippen LogP contribution in [-0.4, -0.2) is 24.3 Å². The average Bonchev–Trinajstić information content (AvgIpc) is 3.34. The Morgan fingerprint density at radius 3 is 2.75 bits per heavy atom. The van der Waals surface area contributed by atoms with Crippen LogP contribution in [0.4, 0.5) is 0 Å². The predicted octanol–water partition coefficient (Wildman–Crippen LogP) is 1.86. The molecule has 0 atom stereocenters. The van der Waals surface area contributed by atoms with Crippen molar-refractivity contribution in [1.29, 1.82) is 0 Å². The molecule has 6 nitrogen and oxygen atoms in total. The second-order valence-electron chi connectivity index (χ2n) is 5.52. The zero-order valence-corrected chi connectivity index (χ0v) is 12.5. The van der Waals surface area contributed by atoms with Crippen molar-refractivity contribution in [1.82, 2.24) is 24.3 Å². The third-order valence-electron chi connectivity index (χ3n) is 3.82. The molecule has 7 heteroatoms. The van der Waals surface area contributed by atoms with Crippen LogP contribution in [0, 0.1) is 0 Å². The molecule has 2 fully saturated rings. The van der Waals surface area contributed by atoms with Crippen molar-refractivity contribution in [3.05, 3.63) is 39.0 Å². The molecule has 0 unspecified atom stereocenters. The van der Waals surface area contributed by atoms with E-state index in [4.69, 9.17) is 0 Å². The maximum absolute atomic E-state index is 12.0. The summed E-state index contributed by atoms with van der Waals surface area (Å²) in [5.74, 6) is 2.56. The van der Waals surface area contributed by atoms with Gasteiger partial charge in [-0.15, -0.1) is 10.2 Å². The molecule has 4 rings (SSSR count). The minimum Gasteiger partial charge on any atom is -0.310 e. The minimum absolute atomic E-state index is 0.0849. The lowest BCUT2D eigenvalue weighted by Crippen LogP contribution is -2.23. The lowest BCUT2D eigenvalue weighted by atomic mass is 10.3. The standard InChI is InChI=1S/C13H14BrN5O/c14-10-5-15-7-18(13(10)20)6-11-16-17-12(8-1-2-8)19(11)9-3-4-9/h5,7-9H,1-4,6H2. The highest BCUT2D eigenvalue weighted by Crippen LogP contribution is 2.44. The Kier molecular flexibility index (Phi) is 2.76. The quantitative estimate of drug-likeness (QED) is 0.855. The summed E-state index contributed by atoms with van der Waals surface area (Å²) in [6.45, 7) is 0.432. The van der Waals surface area contributed by atoms with Gasteiger partial charge in [-0.05, 0) is 41.6 Å². The first-order chi connectivity index (χ1) is 9.74. The van der Waals surface area contributed by atoms with Crippen molar-refractivity contribution in [2.75, 3.05) is 0 Å². The van der Waals surface area contributed by atoms with Gasteiger partial charge in [-0.25, -0.2) is 4.98 Å². The normalized spacial score (nSPS) is 18.4. The van der Waals surface area contributed by atoms with E-state index in [1.165, 1.54) is 31.9 Å². The summed E-state index contributed by atoms with van der Waals surface area (Å²) >= 11 is 3.22. The van der Waals surface area contributed by atoms with Gasteiger partial charge in [-0.1, -0.05) is 0 Å². The van der Waals surface area contributed by atoms with Gasteiger partial charge in [0.05, 0.1) is 12.9 Å². The SMILES string of the molecule is O=c1c(Br)cncn1Cc1nnc(C2CC2)n1C1CC1. The van der Waals surface area contributed by atoms with Crippen LogP contribution in [0.15, 0.2) is 21.8 Å². The number of halogens is 1. The Labute approximate surface area is 124 Å². The van der Waals surface area contributed by atoms with Gasteiger partial charge < -0.3 is 4.57 Å². The second-order valence-corrected chi connectivity index (χ2v) is 6.38. The molecule has 2 aromatic rings. The minimum atomic E-state index is -0.0849. The molecule has 2 heterocycles. The fourth-order valence-corrected chi connectivity index (χ4v) is 2.83. The molecular weight excluding hydrogens is 322 g/mol. The molecule has 104 valence electrons. The van der Waals surface area contributed by atoms with Gasteiger partial charge >= 0.3 is 0 Å². The van der Waals surface area contributed by atoms with E-state index in [1.807, 2.05) is 0 Å². The smallest absolute Gasteiger partial charge is 0.268 e.